The van der Waals surface area contributed by atoms with E-state index in [0.717, 1.165) is 6.07 Å². The van der Waals surface area contributed by atoms with E-state index in [1.54, 1.807) is 13.8 Å². The number of carbonyl (C=O) groups excluding carboxylic acids is 1. The molecule has 21 heavy (non-hydrogen) atoms. The zero-order valence-electron chi connectivity index (χ0n) is 12.0. The number of carbonyl (C=O) groups is 2. The summed E-state index contributed by atoms with van der Waals surface area (Å²) in [6.45, 7) is 3.35. The number of halogens is 2. The topological polar surface area (TPSA) is 75.6 Å². The molecule has 116 valence electrons. The van der Waals surface area contributed by atoms with Gasteiger partial charge in [-0.15, -0.1) is 0 Å². The number of anilines is 1. The van der Waals surface area contributed by atoms with Gasteiger partial charge in [0.15, 0.2) is 0 Å². The summed E-state index contributed by atoms with van der Waals surface area (Å²) in [7, 11) is 1.34. The average Bonchev–Trinajstić information content (AvgIpc) is 2.30. The van der Waals surface area contributed by atoms with Gasteiger partial charge in [0, 0.05) is 12.5 Å². The molecule has 0 heterocycles. The highest BCUT2D eigenvalue weighted by Gasteiger charge is 2.25. The first-order valence-electron chi connectivity index (χ1n) is 6.19. The van der Waals surface area contributed by atoms with Crippen molar-refractivity contribution < 1.29 is 23.8 Å². The molecule has 5 nitrogen and oxygen atoms in total. The Bertz CT molecular complexity index is 560. The maximum atomic E-state index is 13.3. The lowest BCUT2D eigenvalue weighted by molar-refractivity contribution is -0.139. The van der Waals surface area contributed by atoms with E-state index in [1.165, 1.54) is 13.2 Å². The van der Waals surface area contributed by atoms with Crippen LogP contribution < -0.4 is 10.1 Å². The van der Waals surface area contributed by atoms with E-state index in [0.29, 0.717) is 0 Å². The van der Waals surface area contributed by atoms with Crippen molar-refractivity contribution in [1.29, 1.82) is 0 Å². The fraction of sp³-hybridized carbons (Fsp3) is 0.429. The Balaban J connectivity index is 2.84. The second-order valence-electron chi connectivity index (χ2n) is 5.43. The standard InChI is InChI=1S/C14H17ClFNO4/c1-14(2,7-13(19)20)6-12(18)17-10-4-8(15)9(16)5-11(10)21-3/h4-5H,6-7H2,1-3H3,(H,17,18)(H,19,20). The third-order valence-corrected chi connectivity index (χ3v) is 3.08. The van der Waals surface area contributed by atoms with Crippen molar-refractivity contribution in [3.63, 3.8) is 0 Å². The highest BCUT2D eigenvalue weighted by atomic mass is 35.5. The predicted molar refractivity (Wildman–Crippen MR) is 77.2 cm³/mol. The number of methoxy groups -OCH3 is 1. The summed E-state index contributed by atoms with van der Waals surface area (Å²) in [4.78, 5) is 22.7. The Morgan fingerprint density at radius 3 is 2.52 bits per heavy atom. The quantitative estimate of drug-likeness (QED) is 0.844. The third-order valence-electron chi connectivity index (χ3n) is 2.79. The number of carboxylic acids is 1. The number of hydrogen-bond acceptors (Lipinski definition) is 3. The van der Waals surface area contributed by atoms with Crippen LogP contribution in [-0.2, 0) is 9.59 Å². The van der Waals surface area contributed by atoms with Crippen molar-refractivity contribution in [2.45, 2.75) is 26.7 Å². The Morgan fingerprint density at radius 1 is 1.38 bits per heavy atom. The number of nitrogens with one attached hydrogen (secondary N) is 1. The molecule has 0 aliphatic heterocycles. The van der Waals surface area contributed by atoms with Crippen LogP contribution in [0.3, 0.4) is 0 Å². The molecule has 1 aromatic carbocycles. The Labute approximate surface area is 127 Å². The summed E-state index contributed by atoms with van der Waals surface area (Å²) in [6.07, 6.45) is -0.140. The molecule has 0 saturated heterocycles. The lowest BCUT2D eigenvalue weighted by Crippen LogP contribution is -2.25. The van der Waals surface area contributed by atoms with E-state index >= 15 is 0 Å². The number of hydrogen-bond donors (Lipinski definition) is 2. The van der Waals surface area contributed by atoms with E-state index in [4.69, 9.17) is 21.4 Å². The van der Waals surface area contributed by atoms with Crippen molar-refractivity contribution in [2.75, 3.05) is 12.4 Å². The van der Waals surface area contributed by atoms with Crippen molar-refractivity contribution in [2.24, 2.45) is 5.41 Å². The second kappa shape index (κ2) is 6.76. The van der Waals surface area contributed by atoms with Crippen molar-refractivity contribution in [1.82, 2.24) is 0 Å². The summed E-state index contributed by atoms with van der Waals surface area (Å²) >= 11 is 5.67. The summed E-state index contributed by atoms with van der Waals surface area (Å²) in [5.74, 6) is -1.89. The number of benzene rings is 1. The summed E-state index contributed by atoms with van der Waals surface area (Å²) in [6, 6.07) is 2.32. The van der Waals surface area contributed by atoms with Gasteiger partial charge in [-0.25, -0.2) is 4.39 Å². The molecule has 0 bridgehead atoms. The van der Waals surface area contributed by atoms with E-state index in [1.807, 2.05) is 0 Å². The third kappa shape index (κ3) is 5.23. The maximum absolute atomic E-state index is 13.3. The van der Waals surface area contributed by atoms with Gasteiger partial charge in [0.25, 0.3) is 0 Å². The number of ether oxygens (including phenoxy) is 1. The zero-order chi connectivity index (χ0) is 16.2. The van der Waals surface area contributed by atoms with Gasteiger partial charge in [-0.3, -0.25) is 9.59 Å². The maximum Gasteiger partial charge on any atom is 0.303 e. The minimum Gasteiger partial charge on any atom is -0.494 e. The van der Waals surface area contributed by atoms with Gasteiger partial charge in [0.05, 0.1) is 24.2 Å². The number of carboxylic acid groups (broad SMARTS) is 1. The highest BCUT2D eigenvalue weighted by Crippen LogP contribution is 2.32. The first-order valence-corrected chi connectivity index (χ1v) is 6.57. The van der Waals surface area contributed by atoms with Gasteiger partial charge in [-0.05, 0) is 11.5 Å². The largest absolute Gasteiger partial charge is 0.494 e. The molecule has 1 amide bonds. The molecule has 2 N–H and O–H groups in total. The van der Waals surface area contributed by atoms with Gasteiger partial charge in [-0.2, -0.15) is 0 Å². The number of amides is 1. The molecule has 7 heteroatoms. The molecule has 0 radical (unpaired) electrons. The lowest BCUT2D eigenvalue weighted by Gasteiger charge is -2.21. The smallest absolute Gasteiger partial charge is 0.303 e. The van der Waals surface area contributed by atoms with Gasteiger partial charge in [0.2, 0.25) is 5.91 Å². The average molecular weight is 318 g/mol. The molecule has 0 spiro atoms. The summed E-state index contributed by atoms with van der Waals surface area (Å²) in [5.41, 5.74) is -0.465. The highest BCUT2D eigenvalue weighted by molar-refractivity contribution is 6.31. The first-order chi connectivity index (χ1) is 9.64. The van der Waals surface area contributed by atoms with Gasteiger partial charge in [-0.1, -0.05) is 25.4 Å². The summed E-state index contributed by atoms with van der Waals surface area (Å²) in [5, 5.41) is 11.2. The molecule has 0 saturated carbocycles. The fourth-order valence-corrected chi connectivity index (χ4v) is 2.06. The van der Waals surface area contributed by atoms with Crippen LogP contribution in [-0.4, -0.2) is 24.1 Å². The van der Waals surface area contributed by atoms with Crippen LogP contribution in [0.2, 0.25) is 5.02 Å². The molecular formula is C14H17ClFNO4. The minimum absolute atomic E-state index is 0.00253. The van der Waals surface area contributed by atoms with Crippen LogP contribution in [0.15, 0.2) is 12.1 Å². The predicted octanol–water partition coefficient (Wildman–Crippen LogP) is 3.32. The molecular weight excluding hydrogens is 301 g/mol. The van der Waals surface area contributed by atoms with E-state index in [9.17, 15) is 14.0 Å². The van der Waals surface area contributed by atoms with Crippen molar-refractivity contribution >= 4 is 29.2 Å². The van der Waals surface area contributed by atoms with Crippen LogP contribution in [0.4, 0.5) is 10.1 Å². The normalized spacial score (nSPS) is 11.1. The van der Waals surface area contributed by atoms with Crippen molar-refractivity contribution in [3.8, 4) is 5.75 Å². The number of aliphatic carboxylic acids is 1. The molecule has 0 aromatic heterocycles. The first kappa shape index (κ1) is 17.2. The van der Waals surface area contributed by atoms with Crippen molar-refractivity contribution in [3.05, 3.63) is 23.0 Å². The molecule has 0 atom stereocenters. The zero-order valence-corrected chi connectivity index (χ0v) is 12.8. The van der Waals surface area contributed by atoms with E-state index in [2.05, 4.69) is 5.32 Å². The lowest BCUT2D eigenvalue weighted by atomic mass is 9.85. The Hall–Kier alpha value is -1.82. The summed E-state index contributed by atoms with van der Waals surface area (Å²) < 4.78 is 18.3. The molecule has 1 aromatic rings. The van der Waals surface area contributed by atoms with Crippen LogP contribution in [0.5, 0.6) is 5.75 Å². The second-order valence-corrected chi connectivity index (χ2v) is 5.83. The van der Waals surface area contributed by atoms with Gasteiger partial charge in [0.1, 0.15) is 11.6 Å². The fourth-order valence-electron chi connectivity index (χ4n) is 1.90. The van der Waals surface area contributed by atoms with Gasteiger partial charge < -0.3 is 15.2 Å². The molecule has 0 aliphatic carbocycles. The minimum atomic E-state index is -0.977. The van der Waals surface area contributed by atoms with Gasteiger partial charge >= 0.3 is 5.97 Å². The molecule has 1 rings (SSSR count). The van der Waals surface area contributed by atoms with Crippen LogP contribution in [0, 0.1) is 11.2 Å². The van der Waals surface area contributed by atoms with Crippen LogP contribution >= 0.6 is 11.6 Å². The Morgan fingerprint density at radius 2 is 2.00 bits per heavy atom. The molecule has 0 aliphatic rings. The monoisotopic (exact) mass is 317 g/mol. The number of rotatable bonds is 6. The van der Waals surface area contributed by atoms with Crippen LogP contribution in [0.1, 0.15) is 26.7 Å². The molecule has 0 fully saturated rings. The van der Waals surface area contributed by atoms with E-state index in [-0.39, 0.29) is 29.3 Å². The molecule has 0 unspecified atom stereocenters. The van der Waals surface area contributed by atoms with Crippen LogP contribution in [0.25, 0.3) is 0 Å². The SMILES string of the molecule is COc1cc(F)c(Cl)cc1NC(=O)CC(C)(C)CC(=O)O. The Kier molecular flexibility index (Phi) is 5.54. The van der Waals surface area contributed by atoms with E-state index < -0.39 is 23.1 Å².